The van der Waals surface area contributed by atoms with Gasteiger partial charge in [0.25, 0.3) is 0 Å². The van der Waals surface area contributed by atoms with Crippen molar-refractivity contribution >= 4 is 64.0 Å². The van der Waals surface area contributed by atoms with Crippen molar-refractivity contribution in [3.05, 3.63) is 60.8 Å². The van der Waals surface area contributed by atoms with Crippen LogP contribution < -0.4 is 0 Å². The van der Waals surface area contributed by atoms with E-state index in [1.54, 1.807) is 18.2 Å². The summed E-state index contributed by atoms with van der Waals surface area (Å²) in [5, 5.41) is 0.898. The van der Waals surface area contributed by atoms with Crippen molar-refractivity contribution < 1.29 is 9.53 Å². The number of hydrogen-bond donors (Lipinski definition) is 0. The smallest absolute Gasteiger partial charge is 0.358 e. The highest BCUT2D eigenvalue weighted by molar-refractivity contribution is 6.48. The number of esters is 1. The molecule has 0 N–H and O–H groups in total. The largest absolute Gasteiger partial charge is 0.456 e. The normalized spacial score (nSPS) is 10.5. The molecule has 8 heteroatoms. The summed E-state index contributed by atoms with van der Waals surface area (Å²) in [6, 6.07) is 4.97. The minimum atomic E-state index is -0.755. The molecule has 2 aromatic rings. The van der Waals surface area contributed by atoms with E-state index in [2.05, 4.69) is 4.98 Å². The van der Waals surface area contributed by atoms with Gasteiger partial charge >= 0.3 is 5.97 Å². The van der Waals surface area contributed by atoms with Gasteiger partial charge in [-0.2, -0.15) is 0 Å². The Hall–Kier alpha value is -0.710. The summed E-state index contributed by atoms with van der Waals surface area (Å²) in [7, 11) is 0. The van der Waals surface area contributed by atoms with Gasteiger partial charge in [-0.05, 0) is 12.1 Å². The number of carbonyl (C=O) groups is 1. The molecule has 0 aliphatic heterocycles. The van der Waals surface area contributed by atoms with Crippen LogP contribution in [0.15, 0.2) is 24.4 Å². The number of rotatable bonds is 3. The molecule has 0 spiro atoms. The molecular formula is C13H6Cl5NO2. The lowest BCUT2D eigenvalue weighted by Gasteiger charge is -2.09. The fourth-order valence-corrected chi connectivity index (χ4v) is 2.53. The molecule has 0 saturated heterocycles. The van der Waals surface area contributed by atoms with Gasteiger partial charge in [0.15, 0.2) is 5.69 Å². The number of carbonyl (C=O) groups excluding carboxylic acids is 1. The SMILES string of the molecule is O=C(OCc1c(Cl)cccc1Cl)c1ncc(Cl)c(Cl)c1Cl. The molecule has 0 radical (unpaired) electrons. The summed E-state index contributed by atoms with van der Waals surface area (Å²) in [6.07, 6.45) is 1.22. The molecule has 0 aliphatic carbocycles. The van der Waals surface area contributed by atoms with Crippen molar-refractivity contribution in [3.63, 3.8) is 0 Å². The van der Waals surface area contributed by atoms with Crippen LogP contribution in [0.5, 0.6) is 0 Å². The maximum atomic E-state index is 12.0. The zero-order valence-electron chi connectivity index (χ0n) is 10.2. The number of hydrogen-bond acceptors (Lipinski definition) is 3. The maximum Gasteiger partial charge on any atom is 0.358 e. The first-order valence-corrected chi connectivity index (χ1v) is 7.40. The highest BCUT2D eigenvalue weighted by atomic mass is 35.5. The quantitative estimate of drug-likeness (QED) is 0.636. The van der Waals surface area contributed by atoms with Crippen LogP contribution in [-0.2, 0) is 11.3 Å². The van der Waals surface area contributed by atoms with E-state index in [1.807, 2.05) is 0 Å². The van der Waals surface area contributed by atoms with Gasteiger partial charge in [-0.25, -0.2) is 9.78 Å². The summed E-state index contributed by atoms with van der Waals surface area (Å²) < 4.78 is 5.09. The van der Waals surface area contributed by atoms with Gasteiger partial charge in [-0.1, -0.05) is 64.1 Å². The summed E-state index contributed by atoms with van der Waals surface area (Å²) >= 11 is 29.4. The van der Waals surface area contributed by atoms with Gasteiger partial charge in [0.1, 0.15) is 6.61 Å². The molecule has 3 nitrogen and oxygen atoms in total. The lowest BCUT2D eigenvalue weighted by Crippen LogP contribution is -2.09. The van der Waals surface area contributed by atoms with Gasteiger partial charge in [-0.3, -0.25) is 0 Å². The van der Waals surface area contributed by atoms with Crippen molar-refractivity contribution in [3.8, 4) is 0 Å². The second kappa shape index (κ2) is 7.03. The van der Waals surface area contributed by atoms with Gasteiger partial charge in [0.05, 0.1) is 15.1 Å². The second-order valence-corrected chi connectivity index (χ2v) is 5.84. The van der Waals surface area contributed by atoms with Crippen molar-refractivity contribution in [2.45, 2.75) is 6.61 Å². The Bertz CT molecular complexity index is 685. The van der Waals surface area contributed by atoms with Crippen LogP contribution in [0, 0.1) is 0 Å². The summed E-state index contributed by atoms with van der Waals surface area (Å²) in [4.78, 5) is 15.8. The Labute approximate surface area is 145 Å². The predicted octanol–water partition coefficient (Wildman–Crippen LogP) is 5.71. The molecular weight excluding hydrogens is 379 g/mol. The Balaban J connectivity index is 2.18. The first-order chi connectivity index (χ1) is 9.91. The Morgan fingerprint density at radius 1 is 1.00 bits per heavy atom. The molecule has 21 heavy (non-hydrogen) atoms. The van der Waals surface area contributed by atoms with E-state index in [0.717, 1.165) is 0 Å². The molecule has 2 rings (SSSR count). The summed E-state index contributed by atoms with van der Waals surface area (Å²) in [5.41, 5.74) is 0.361. The number of benzene rings is 1. The molecule has 0 aliphatic rings. The van der Waals surface area contributed by atoms with E-state index in [0.29, 0.717) is 15.6 Å². The fourth-order valence-electron chi connectivity index (χ4n) is 1.46. The third-order valence-electron chi connectivity index (χ3n) is 2.52. The van der Waals surface area contributed by atoms with Crippen molar-refractivity contribution in [1.29, 1.82) is 0 Å². The number of pyridine rings is 1. The average molecular weight is 385 g/mol. The molecule has 0 amide bonds. The van der Waals surface area contributed by atoms with Crippen LogP contribution in [0.3, 0.4) is 0 Å². The van der Waals surface area contributed by atoms with Crippen molar-refractivity contribution in [2.75, 3.05) is 0 Å². The van der Waals surface area contributed by atoms with Crippen LogP contribution in [0.2, 0.25) is 25.1 Å². The first kappa shape index (κ1) is 16.7. The fraction of sp³-hybridized carbons (Fsp3) is 0.0769. The predicted molar refractivity (Wildman–Crippen MR) is 84.8 cm³/mol. The lowest BCUT2D eigenvalue weighted by atomic mass is 10.2. The van der Waals surface area contributed by atoms with Crippen molar-refractivity contribution in [1.82, 2.24) is 4.98 Å². The molecule has 0 saturated carbocycles. The Morgan fingerprint density at radius 2 is 1.62 bits per heavy atom. The number of ether oxygens (including phenoxy) is 1. The Kier molecular flexibility index (Phi) is 5.58. The van der Waals surface area contributed by atoms with Gasteiger partial charge < -0.3 is 4.74 Å². The highest BCUT2D eigenvalue weighted by Crippen LogP contribution is 2.32. The van der Waals surface area contributed by atoms with Gasteiger partial charge in [0.2, 0.25) is 0 Å². The standard InChI is InChI=1S/C13H6Cl5NO2/c14-7-2-1-3-8(15)6(7)5-21-13(20)12-11(18)10(17)9(16)4-19-12/h1-4H,5H2. The van der Waals surface area contributed by atoms with E-state index >= 15 is 0 Å². The molecule has 1 aromatic heterocycles. The second-order valence-electron chi connectivity index (χ2n) is 3.86. The van der Waals surface area contributed by atoms with E-state index in [4.69, 9.17) is 62.7 Å². The number of aromatic nitrogens is 1. The minimum absolute atomic E-state index is 0.0380. The topological polar surface area (TPSA) is 39.2 Å². The molecule has 1 aromatic carbocycles. The van der Waals surface area contributed by atoms with Crippen molar-refractivity contribution in [2.24, 2.45) is 0 Å². The lowest BCUT2D eigenvalue weighted by molar-refractivity contribution is 0.0466. The number of halogens is 5. The monoisotopic (exact) mass is 383 g/mol. The molecule has 1 heterocycles. The van der Waals surface area contributed by atoms with E-state index in [-0.39, 0.29) is 27.4 Å². The van der Waals surface area contributed by atoms with Gasteiger partial charge in [0, 0.05) is 21.8 Å². The molecule has 110 valence electrons. The van der Waals surface area contributed by atoms with Crippen LogP contribution in [0.4, 0.5) is 0 Å². The van der Waals surface area contributed by atoms with Crippen LogP contribution in [0.25, 0.3) is 0 Å². The number of nitrogens with zero attached hydrogens (tertiary/aromatic N) is 1. The summed E-state index contributed by atoms with van der Waals surface area (Å²) in [6.45, 7) is -0.115. The third-order valence-corrected chi connectivity index (χ3v) is 4.47. The molecule has 0 bridgehead atoms. The molecule has 0 unspecified atom stereocenters. The van der Waals surface area contributed by atoms with Crippen LogP contribution >= 0.6 is 58.0 Å². The minimum Gasteiger partial charge on any atom is -0.456 e. The molecule has 0 fully saturated rings. The third kappa shape index (κ3) is 3.74. The Morgan fingerprint density at radius 3 is 2.24 bits per heavy atom. The van der Waals surface area contributed by atoms with Crippen LogP contribution in [-0.4, -0.2) is 11.0 Å². The highest BCUT2D eigenvalue weighted by Gasteiger charge is 2.19. The van der Waals surface area contributed by atoms with Crippen LogP contribution in [0.1, 0.15) is 16.1 Å². The maximum absolute atomic E-state index is 12.0. The van der Waals surface area contributed by atoms with E-state index in [1.165, 1.54) is 6.20 Å². The average Bonchev–Trinajstić information content (AvgIpc) is 2.44. The first-order valence-electron chi connectivity index (χ1n) is 5.51. The zero-order chi connectivity index (χ0) is 15.6. The zero-order valence-corrected chi connectivity index (χ0v) is 13.9. The van der Waals surface area contributed by atoms with E-state index in [9.17, 15) is 4.79 Å². The summed E-state index contributed by atoms with van der Waals surface area (Å²) in [5.74, 6) is -0.755. The van der Waals surface area contributed by atoms with Gasteiger partial charge in [-0.15, -0.1) is 0 Å². The molecule has 0 atom stereocenters. The van der Waals surface area contributed by atoms with E-state index < -0.39 is 5.97 Å².